The molecule has 0 fully saturated rings. The first-order chi connectivity index (χ1) is 7.04. The molecule has 1 rings (SSSR count). The fraction of sp³-hybridized carbons (Fsp3) is 0.333. The van der Waals surface area contributed by atoms with Crippen molar-refractivity contribution in [2.45, 2.75) is 12.5 Å². The van der Waals surface area contributed by atoms with E-state index in [-0.39, 0.29) is 6.42 Å². The predicted octanol–water partition coefficient (Wildman–Crippen LogP) is 0.489. The molecule has 15 heavy (non-hydrogen) atoms. The van der Waals surface area contributed by atoms with E-state index < -0.39 is 18.0 Å². The minimum atomic E-state index is -1.05. The Balaban J connectivity index is 2.68. The highest BCUT2D eigenvalue weighted by molar-refractivity contribution is 7.10. The van der Waals surface area contributed by atoms with Crippen LogP contribution < -0.4 is 5.73 Å². The maximum absolute atomic E-state index is 11.1. The summed E-state index contributed by atoms with van der Waals surface area (Å²) >= 11 is 1.29. The molecule has 1 aromatic heterocycles. The van der Waals surface area contributed by atoms with Crippen LogP contribution in [0, 0.1) is 0 Å². The Bertz CT molecular complexity index is 374. The lowest BCUT2D eigenvalue weighted by atomic mass is 10.2. The van der Waals surface area contributed by atoms with Gasteiger partial charge in [0.05, 0.1) is 12.7 Å². The monoisotopic (exact) mass is 229 g/mol. The summed E-state index contributed by atoms with van der Waals surface area (Å²) in [6, 6.07) is 0.661. The molecule has 1 heterocycles. The van der Waals surface area contributed by atoms with Gasteiger partial charge in [-0.05, 0) is 6.07 Å². The quantitative estimate of drug-likeness (QED) is 0.733. The van der Waals surface area contributed by atoms with Crippen LogP contribution in [-0.4, -0.2) is 30.2 Å². The topological polar surface area (TPSA) is 89.6 Å². The van der Waals surface area contributed by atoms with Crippen LogP contribution in [0.25, 0.3) is 0 Å². The molecule has 0 aliphatic heterocycles. The number of carbonyl (C=O) groups is 2. The lowest BCUT2D eigenvalue weighted by molar-refractivity contribution is -0.138. The molecule has 0 radical (unpaired) electrons. The number of carboxylic acid groups (broad SMARTS) is 1. The highest BCUT2D eigenvalue weighted by Gasteiger charge is 2.15. The Morgan fingerprint density at radius 2 is 2.33 bits per heavy atom. The Hall–Kier alpha value is -1.40. The summed E-state index contributed by atoms with van der Waals surface area (Å²) in [5.41, 5.74) is 5.78. The van der Waals surface area contributed by atoms with E-state index in [1.807, 2.05) is 0 Å². The number of aliphatic carboxylic acids is 1. The summed E-state index contributed by atoms with van der Waals surface area (Å²) in [7, 11) is 1.29. The van der Waals surface area contributed by atoms with Gasteiger partial charge in [-0.15, -0.1) is 11.3 Å². The van der Waals surface area contributed by atoms with E-state index in [2.05, 4.69) is 4.74 Å². The third kappa shape index (κ3) is 3.03. The number of carbonyl (C=O) groups excluding carboxylic acids is 1. The molecule has 0 saturated carbocycles. The summed E-state index contributed by atoms with van der Waals surface area (Å²) in [4.78, 5) is 22.3. The number of hydrogen-bond donors (Lipinski definition) is 2. The van der Waals surface area contributed by atoms with Crippen LogP contribution in [0.1, 0.15) is 15.2 Å². The Labute approximate surface area is 90.5 Å². The summed E-state index contributed by atoms with van der Waals surface area (Å²) in [6.07, 6.45) is 0.219. The molecule has 5 nitrogen and oxygen atoms in total. The van der Waals surface area contributed by atoms with Crippen molar-refractivity contribution < 1.29 is 19.4 Å². The van der Waals surface area contributed by atoms with E-state index in [4.69, 9.17) is 10.8 Å². The van der Waals surface area contributed by atoms with Crippen molar-refractivity contribution in [1.82, 2.24) is 0 Å². The van der Waals surface area contributed by atoms with Crippen molar-refractivity contribution in [1.29, 1.82) is 0 Å². The van der Waals surface area contributed by atoms with Crippen molar-refractivity contribution in [3.8, 4) is 0 Å². The number of methoxy groups -OCH3 is 1. The third-order valence-electron chi connectivity index (χ3n) is 1.81. The lowest BCUT2D eigenvalue weighted by Gasteiger charge is -2.02. The molecule has 0 aliphatic carbocycles. The SMILES string of the molecule is COC(=O)c1csc(CC(N)C(=O)O)c1. The molecule has 6 heteroatoms. The zero-order valence-electron chi connectivity index (χ0n) is 8.10. The average Bonchev–Trinajstić information content (AvgIpc) is 2.65. The van der Waals surface area contributed by atoms with Crippen LogP contribution in [-0.2, 0) is 16.0 Å². The standard InChI is InChI=1S/C9H11NO4S/c1-14-9(13)5-2-6(15-4-5)3-7(10)8(11)12/h2,4,7H,3,10H2,1H3,(H,11,12). The second kappa shape index (κ2) is 4.90. The van der Waals surface area contributed by atoms with Crippen LogP contribution in [0.2, 0.25) is 0 Å². The number of carboxylic acids is 1. The largest absolute Gasteiger partial charge is 0.480 e. The van der Waals surface area contributed by atoms with Gasteiger partial charge in [0.25, 0.3) is 0 Å². The first-order valence-electron chi connectivity index (χ1n) is 4.18. The summed E-state index contributed by atoms with van der Waals surface area (Å²) in [5, 5.41) is 10.2. The van der Waals surface area contributed by atoms with Crippen molar-refractivity contribution >= 4 is 23.3 Å². The molecule has 0 amide bonds. The number of nitrogens with two attached hydrogens (primary N) is 1. The van der Waals surface area contributed by atoms with Gasteiger partial charge in [-0.1, -0.05) is 0 Å². The van der Waals surface area contributed by atoms with Gasteiger partial charge in [0, 0.05) is 16.7 Å². The lowest BCUT2D eigenvalue weighted by Crippen LogP contribution is -2.31. The molecule has 0 aliphatic rings. The van der Waals surface area contributed by atoms with Crippen LogP contribution in [0.15, 0.2) is 11.4 Å². The molecule has 1 atom stereocenters. The number of thiophene rings is 1. The Kier molecular flexibility index (Phi) is 3.81. The van der Waals surface area contributed by atoms with Crippen molar-refractivity contribution in [2.75, 3.05) is 7.11 Å². The van der Waals surface area contributed by atoms with Crippen LogP contribution in [0.4, 0.5) is 0 Å². The van der Waals surface area contributed by atoms with Crippen LogP contribution in [0.3, 0.4) is 0 Å². The van der Waals surface area contributed by atoms with Gasteiger partial charge in [0.2, 0.25) is 0 Å². The number of esters is 1. The second-order valence-corrected chi connectivity index (χ2v) is 3.94. The van der Waals surface area contributed by atoms with Crippen molar-refractivity contribution in [3.63, 3.8) is 0 Å². The summed E-state index contributed by atoms with van der Waals surface area (Å²) in [6.45, 7) is 0. The molecule has 1 aromatic rings. The average molecular weight is 229 g/mol. The zero-order valence-corrected chi connectivity index (χ0v) is 8.91. The van der Waals surface area contributed by atoms with Gasteiger partial charge in [0.15, 0.2) is 0 Å². The number of rotatable bonds is 4. The highest BCUT2D eigenvalue weighted by atomic mass is 32.1. The van der Waals surface area contributed by atoms with E-state index in [1.54, 1.807) is 11.4 Å². The van der Waals surface area contributed by atoms with E-state index in [0.717, 1.165) is 4.88 Å². The highest BCUT2D eigenvalue weighted by Crippen LogP contribution is 2.16. The molecular weight excluding hydrogens is 218 g/mol. The van der Waals surface area contributed by atoms with Gasteiger partial charge >= 0.3 is 11.9 Å². The Morgan fingerprint density at radius 3 is 2.87 bits per heavy atom. The van der Waals surface area contributed by atoms with Gasteiger partial charge < -0.3 is 15.6 Å². The van der Waals surface area contributed by atoms with Crippen molar-refractivity contribution in [2.24, 2.45) is 5.73 Å². The predicted molar refractivity (Wildman–Crippen MR) is 55.0 cm³/mol. The second-order valence-electron chi connectivity index (χ2n) is 2.94. The van der Waals surface area contributed by atoms with Gasteiger partial charge in [-0.3, -0.25) is 4.79 Å². The van der Waals surface area contributed by atoms with Crippen molar-refractivity contribution in [3.05, 3.63) is 21.9 Å². The van der Waals surface area contributed by atoms with E-state index >= 15 is 0 Å². The molecule has 0 saturated heterocycles. The number of hydrogen-bond acceptors (Lipinski definition) is 5. The molecule has 1 unspecified atom stereocenters. The number of ether oxygens (including phenoxy) is 1. The first-order valence-corrected chi connectivity index (χ1v) is 5.06. The molecule has 0 bridgehead atoms. The van der Waals surface area contributed by atoms with Gasteiger partial charge in [-0.2, -0.15) is 0 Å². The minimum absolute atomic E-state index is 0.219. The summed E-state index contributed by atoms with van der Waals surface area (Å²) in [5.74, 6) is -1.48. The summed E-state index contributed by atoms with van der Waals surface area (Å²) < 4.78 is 4.52. The fourth-order valence-corrected chi connectivity index (χ4v) is 1.93. The molecule has 0 aromatic carbocycles. The third-order valence-corrected chi connectivity index (χ3v) is 2.77. The molecule has 82 valence electrons. The zero-order chi connectivity index (χ0) is 11.4. The minimum Gasteiger partial charge on any atom is -0.480 e. The van der Waals surface area contributed by atoms with E-state index in [9.17, 15) is 9.59 Å². The first kappa shape index (κ1) is 11.7. The molecule has 0 spiro atoms. The van der Waals surface area contributed by atoms with Gasteiger partial charge in [-0.25, -0.2) is 4.79 Å². The van der Waals surface area contributed by atoms with Gasteiger partial charge in [0.1, 0.15) is 6.04 Å². The van der Waals surface area contributed by atoms with Crippen LogP contribution >= 0.6 is 11.3 Å². The smallest absolute Gasteiger partial charge is 0.338 e. The maximum Gasteiger partial charge on any atom is 0.338 e. The fourth-order valence-electron chi connectivity index (χ4n) is 1.02. The molecular formula is C9H11NO4S. The van der Waals surface area contributed by atoms with E-state index in [0.29, 0.717) is 5.56 Å². The van der Waals surface area contributed by atoms with Crippen LogP contribution in [0.5, 0.6) is 0 Å². The van der Waals surface area contributed by atoms with E-state index in [1.165, 1.54) is 18.4 Å². The molecule has 3 N–H and O–H groups in total. The normalized spacial score (nSPS) is 12.1. The Morgan fingerprint density at radius 1 is 1.67 bits per heavy atom. The maximum atomic E-state index is 11.1.